The van der Waals surface area contributed by atoms with Crippen LogP contribution >= 0.6 is 0 Å². The number of ether oxygens (including phenoxy) is 1. The Balaban J connectivity index is 2.28. The monoisotopic (exact) mass is 344 g/mol. The normalized spacial score (nSPS) is 26.6. The molecule has 5 nitrogen and oxygen atoms in total. The fraction of sp³-hybridized carbons (Fsp3) is 0.381. The highest BCUT2D eigenvalue weighted by Gasteiger charge is 2.54. The zero-order valence-corrected chi connectivity index (χ0v) is 14.9. The van der Waals surface area contributed by atoms with Gasteiger partial charge in [-0.05, 0) is 47.9 Å². The number of fused-ring (bicyclic) bond motifs is 1. The van der Waals surface area contributed by atoms with Crippen molar-refractivity contribution in [2.45, 2.75) is 25.7 Å². The summed E-state index contributed by atoms with van der Waals surface area (Å²) in [6, 6.07) is 13.9. The second kappa shape index (κ2) is 6.58. The molecule has 26 heavy (non-hydrogen) atoms. The molecule has 1 aromatic rings. The maximum absolute atomic E-state index is 9.97. The van der Waals surface area contributed by atoms with Gasteiger partial charge in [-0.25, -0.2) is 0 Å². The van der Waals surface area contributed by atoms with Gasteiger partial charge >= 0.3 is 0 Å². The summed E-state index contributed by atoms with van der Waals surface area (Å²) < 4.78 is 5.22. The van der Waals surface area contributed by atoms with Crippen LogP contribution in [0.4, 0.5) is 0 Å². The van der Waals surface area contributed by atoms with E-state index in [-0.39, 0.29) is 11.6 Å². The molecule has 3 unspecified atom stereocenters. The molecule has 0 spiro atoms. The minimum absolute atomic E-state index is 0.0721. The van der Waals surface area contributed by atoms with Gasteiger partial charge in [0.2, 0.25) is 0 Å². The summed E-state index contributed by atoms with van der Waals surface area (Å²) in [5, 5.41) is 29.6. The molecule has 130 valence electrons. The van der Waals surface area contributed by atoms with Crippen molar-refractivity contribution in [2.75, 3.05) is 7.11 Å². The molecule has 0 amide bonds. The van der Waals surface area contributed by atoms with Crippen molar-refractivity contribution in [3.8, 4) is 24.0 Å². The maximum Gasteiger partial charge on any atom is 0.191 e. The summed E-state index contributed by atoms with van der Waals surface area (Å²) >= 11 is 0. The molecule has 2 aliphatic carbocycles. The zero-order chi connectivity index (χ0) is 18.9. The Morgan fingerprint density at radius 1 is 1.15 bits per heavy atom. The fourth-order valence-electron chi connectivity index (χ4n) is 4.26. The topological polar surface area (TPSA) is 107 Å². The van der Waals surface area contributed by atoms with Crippen LogP contribution in [0.3, 0.4) is 0 Å². The minimum atomic E-state index is -1.56. The van der Waals surface area contributed by atoms with E-state index in [4.69, 9.17) is 10.5 Å². The first-order valence-corrected chi connectivity index (χ1v) is 8.59. The van der Waals surface area contributed by atoms with Crippen LogP contribution < -0.4 is 10.5 Å². The van der Waals surface area contributed by atoms with Crippen LogP contribution in [0.15, 0.2) is 47.2 Å². The van der Waals surface area contributed by atoms with E-state index in [1.807, 2.05) is 24.3 Å². The summed E-state index contributed by atoms with van der Waals surface area (Å²) in [5.41, 5.74) is 6.82. The van der Waals surface area contributed by atoms with Crippen molar-refractivity contribution in [1.29, 1.82) is 15.8 Å². The fourth-order valence-corrected chi connectivity index (χ4v) is 4.26. The molecular formula is C21H20N4O. The van der Waals surface area contributed by atoms with Crippen LogP contribution in [0.5, 0.6) is 5.75 Å². The molecule has 0 bridgehead atoms. The first-order chi connectivity index (χ1) is 12.5. The van der Waals surface area contributed by atoms with Crippen molar-refractivity contribution in [2.24, 2.45) is 23.0 Å². The molecule has 0 aromatic heterocycles. The molecule has 5 heteroatoms. The standard InChI is InChI=1S/C21H20N4O/c1-13-3-8-16-17(9-13)19(14-4-6-15(26-2)7-5-14)21(11-23,12-24)20(25)18(16)10-22/h4-8,13,17,19H,3,9,25H2,1-2H3. The highest BCUT2D eigenvalue weighted by Crippen LogP contribution is 2.56. The Kier molecular flexibility index (Phi) is 4.45. The van der Waals surface area contributed by atoms with E-state index < -0.39 is 11.3 Å². The largest absolute Gasteiger partial charge is 0.497 e. The van der Waals surface area contributed by atoms with Gasteiger partial charge in [0.05, 0.1) is 30.5 Å². The molecular weight excluding hydrogens is 324 g/mol. The first kappa shape index (κ1) is 17.6. The molecule has 0 fully saturated rings. The number of nitrogens with zero attached hydrogens (tertiary/aromatic N) is 3. The number of methoxy groups -OCH3 is 1. The number of benzene rings is 1. The molecule has 0 heterocycles. The van der Waals surface area contributed by atoms with Crippen molar-refractivity contribution in [1.82, 2.24) is 0 Å². The number of hydrogen-bond donors (Lipinski definition) is 1. The molecule has 0 saturated heterocycles. The van der Waals surface area contributed by atoms with E-state index >= 15 is 0 Å². The van der Waals surface area contributed by atoms with Crippen LogP contribution in [0.1, 0.15) is 31.2 Å². The van der Waals surface area contributed by atoms with Gasteiger partial charge in [-0.15, -0.1) is 0 Å². The Morgan fingerprint density at radius 2 is 1.81 bits per heavy atom. The van der Waals surface area contributed by atoms with Gasteiger partial charge in [0, 0.05) is 5.92 Å². The van der Waals surface area contributed by atoms with Gasteiger partial charge in [-0.3, -0.25) is 0 Å². The summed E-state index contributed by atoms with van der Waals surface area (Å²) in [4.78, 5) is 0. The second-order valence-electron chi connectivity index (χ2n) is 7.03. The van der Waals surface area contributed by atoms with Gasteiger partial charge in [-0.2, -0.15) is 15.8 Å². The third-order valence-corrected chi connectivity index (χ3v) is 5.59. The molecule has 1 aromatic carbocycles. The quantitative estimate of drug-likeness (QED) is 0.883. The highest BCUT2D eigenvalue weighted by atomic mass is 16.5. The lowest BCUT2D eigenvalue weighted by Gasteiger charge is -2.44. The van der Waals surface area contributed by atoms with Crippen molar-refractivity contribution < 1.29 is 4.74 Å². The van der Waals surface area contributed by atoms with Gasteiger partial charge in [0.25, 0.3) is 0 Å². The van der Waals surface area contributed by atoms with Crippen molar-refractivity contribution in [3.05, 3.63) is 52.7 Å². The molecule has 0 saturated carbocycles. The van der Waals surface area contributed by atoms with E-state index in [0.717, 1.165) is 24.0 Å². The van der Waals surface area contributed by atoms with E-state index in [2.05, 4.69) is 31.2 Å². The van der Waals surface area contributed by atoms with Crippen LogP contribution in [0, 0.1) is 51.2 Å². The molecule has 3 rings (SSSR count). The van der Waals surface area contributed by atoms with E-state index in [9.17, 15) is 15.8 Å². The van der Waals surface area contributed by atoms with Gasteiger partial charge < -0.3 is 10.5 Å². The SMILES string of the molecule is COc1ccc(C2C3CC(C)CC=C3C(C#N)=C(N)C2(C#N)C#N)cc1. The molecule has 3 atom stereocenters. The summed E-state index contributed by atoms with van der Waals surface area (Å²) in [6.45, 7) is 2.15. The van der Waals surface area contributed by atoms with E-state index in [1.54, 1.807) is 7.11 Å². The Bertz CT molecular complexity index is 891. The highest BCUT2D eigenvalue weighted by molar-refractivity contribution is 5.59. The van der Waals surface area contributed by atoms with E-state index in [0.29, 0.717) is 17.2 Å². The lowest BCUT2D eigenvalue weighted by atomic mass is 9.56. The number of allylic oxidation sites excluding steroid dienone is 4. The maximum atomic E-state index is 9.97. The van der Waals surface area contributed by atoms with Gasteiger partial charge in [0.15, 0.2) is 5.41 Å². The van der Waals surface area contributed by atoms with E-state index in [1.165, 1.54) is 0 Å². The predicted molar refractivity (Wildman–Crippen MR) is 96.2 cm³/mol. The molecule has 2 aliphatic rings. The third-order valence-electron chi connectivity index (χ3n) is 5.59. The predicted octanol–water partition coefficient (Wildman–Crippen LogP) is 3.53. The summed E-state index contributed by atoms with van der Waals surface area (Å²) in [6.07, 6.45) is 3.73. The van der Waals surface area contributed by atoms with Crippen molar-refractivity contribution in [3.63, 3.8) is 0 Å². The van der Waals surface area contributed by atoms with Crippen molar-refractivity contribution >= 4 is 0 Å². The summed E-state index contributed by atoms with van der Waals surface area (Å²) in [7, 11) is 1.59. The van der Waals surface area contributed by atoms with Gasteiger partial charge in [-0.1, -0.05) is 25.1 Å². The Morgan fingerprint density at radius 3 is 2.35 bits per heavy atom. The number of nitriles is 3. The minimum Gasteiger partial charge on any atom is -0.497 e. The first-order valence-electron chi connectivity index (χ1n) is 8.59. The Labute approximate surface area is 153 Å². The summed E-state index contributed by atoms with van der Waals surface area (Å²) in [5.74, 6) is 0.611. The lowest BCUT2D eigenvalue weighted by molar-refractivity contribution is 0.284. The van der Waals surface area contributed by atoms with Crippen LogP contribution in [-0.2, 0) is 0 Å². The molecule has 0 radical (unpaired) electrons. The lowest BCUT2D eigenvalue weighted by Crippen LogP contribution is -2.43. The third kappa shape index (κ3) is 2.43. The number of hydrogen-bond acceptors (Lipinski definition) is 5. The number of rotatable bonds is 2. The van der Waals surface area contributed by atoms with Gasteiger partial charge in [0.1, 0.15) is 11.8 Å². The average Bonchev–Trinajstić information content (AvgIpc) is 2.67. The Hall–Kier alpha value is -3.23. The van der Waals surface area contributed by atoms with Crippen LogP contribution in [-0.4, -0.2) is 7.11 Å². The average molecular weight is 344 g/mol. The molecule has 2 N–H and O–H groups in total. The zero-order valence-electron chi connectivity index (χ0n) is 14.9. The number of nitrogens with two attached hydrogens (primary N) is 1. The molecule has 0 aliphatic heterocycles. The smallest absolute Gasteiger partial charge is 0.191 e. The van der Waals surface area contributed by atoms with Crippen LogP contribution in [0.25, 0.3) is 0 Å². The second-order valence-corrected chi connectivity index (χ2v) is 7.03. The van der Waals surface area contributed by atoms with Crippen LogP contribution in [0.2, 0.25) is 0 Å².